The minimum atomic E-state index is -0.0330. The van der Waals surface area contributed by atoms with Crippen LogP contribution in [0.25, 0.3) is 10.8 Å². The predicted octanol–water partition coefficient (Wildman–Crippen LogP) is 4.91. The summed E-state index contributed by atoms with van der Waals surface area (Å²) in [4.78, 5) is 0. The Morgan fingerprint density at radius 3 is 2.55 bits per heavy atom. The number of fused-ring (bicyclic) bond motifs is 3. The number of hydrogen-bond acceptors (Lipinski definition) is 2. The Kier molecular flexibility index (Phi) is 3.29. The Bertz CT molecular complexity index is 828. The van der Waals surface area contributed by atoms with Crippen LogP contribution in [0, 0.1) is 0 Å². The van der Waals surface area contributed by atoms with Gasteiger partial charge < -0.3 is 4.74 Å². The molecule has 1 N–H and O–H groups in total. The minimum Gasteiger partial charge on any atom is -0.475 e. The van der Waals surface area contributed by atoms with E-state index in [1.807, 2.05) is 19.1 Å². The lowest BCUT2D eigenvalue weighted by Crippen LogP contribution is -2.39. The molecule has 0 aliphatic carbocycles. The number of ether oxygens (including phenoxy) is 1. The van der Waals surface area contributed by atoms with Crippen LogP contribution in [-0.4, -0.2) is 6.23 Å². The van der Waals surface area contributed by atoms with Gasteiger partial charge in [-0.3, -0.25) is 5.32 Å². The highest BCUT2D eigenvalue weighted by Gasteiger charge is 2.28. The van der Waals surface area contributed by atoms with Crippen LogP contribution in [0.4, 0.5) is 0 Å². The highest BCUT2D eigenvalue weighted by Crippen LogP contribution is 2.39. The number of hydrogen-bond donors (Lipinski definition) is 1. The van der Waals surface area contributed by atoms with Crippen LogP contribution >= 0.6 is 11.6 Å². The zero-order chi connectivity index (χ0) is 15.1. The summed E-state index contributed by atoms with van der Waals surface area (Å²) in [5, 5.41) is 6.73. The molecule has 110 valence electrons. The number of benzene rings is 3. The SMILES string of the molecule is C[C@@H]1N[C@@H](c2ccc(Cl)cc2)c2c(ccc3ccccc23)O1. The van der Waals surface area contributed by atoms with Crippen molar-refractivity contribution in [2.24, 2.45) is 0 Å². The standard InChI is InChI=1S/C19H16ClNO/c1-12-21-19(14-6-9-15(20)10-7-14)18-16-5-3-2-4-13(16)8-11-17(18)22-12/h2-12,19,21H,1H3/t12-,19+/m1/s1. The molecule has 3 heteroatoms. The van der Waals surface area contributed by atoms with Gasteiger partial charge in [-0.15, -0.1) is 0 Å². The maximum absolute atomic E-state index is 6.03. The normalized spacial score (nSPS) is 20.5. The minimum absolute atomic E-state index is 0.0330. The van der Waals surface area contributed by atoms with Crippen molar-refractivity contribution in [3.05, 3.63) is 76.8 Å². The average Bonchev–Trinajstić information content (AvgIpc) is 2.54. The molecule has 0 saturated carbocycles. The Balaban J connectivity index is 1.95. The van der Waals surface area contributed by atoms with Gasteiger partial charge in [0.15, 0.2) is 0 Å². The first-order chi connectivity index (χ1) is 10.7. The molecule has 0 aromatic heterocycles. The molecule has 0 fully saturated rings. The fourth-order valence-corrected chi connectivity index (χ4v) is 3.26. The van der Waals surface area contributed by atoms with E-state index in [1.54, 1.807) is 0 Å². The second-order valence-corrected chi connectivity index (χ2v) is 6.05. The molecule has 0 saturated heterocycles. The van der Waals surface area contributed by atoms with Crippen molar-refractivity contribution in [3.8, 4) is 5.75 Å². The van der Waals surface area contributed by atoms with E-state index in [9.17, 15) is 0 Å². The van der Waals surface area contributed by atoms with Gasteiger partial charge in [0.05, 0.1) is 6.04 Å². The molecular formula is C19H16ClNO. The van der Waals surface area contributed by atoms with E-state index in [0.717, 1.165) is 10.8 Å². The van der Waals surface area contributed by atoms with E-state index in [2.05, 4.69) is 53.8 Å². The van der Waals surface area contributed by atoms with Crippen molar-refractivity contribution in [1.29, 1.82) is 0 Å². The fraction of sp³-hybridized carbons (Fsp3) is 0.158. The summed E-state index contributed by atoms with van der Waals surface area (Å²) in [6.07, 6.45) is -0.0330. The van der Waals surface area contributed by atoms with Crippen LogP contribution in [0.2, 0.25) is 5.02 Å². The molecule has 0 amide bonds. The number of halogens is 1. The average molecular weight is 310 g/mol. The number of nitrogens with one attached hydrogen (secondary N) is 1. The molecule has 1 aliphatic rings. The Labute approximate surface area is 134 Å². The van der Waals surface area contributed by atoms with E-state index < -0.39 is 0 Å². The summed E-state index contributed by atoms with van der Waals surface area (Å²) >= 11 is 6.03. The van der Waals surface area contributed by atoms with Crippen LogP contribution in [0.3, 0.4) is 0 Å². The lowest BCUT2D eigenvalue weighted by atomic mass is 9.91. The first kappa shape index (κ1) is 13.6. The fourth-order valence-electron chi connectivity index (χ4n) is 3.14. The Morgan fingerprint density at radius 2 is 1.73 bits per heavy atom. The molecular weight excluding hydrogens is 294 g/mol. The summed E-state index contributed by atoms with van der Waals surface area (Å²) in [5.74, 6) is 0.949. The largest absolute Gasteiger partial charge is 0.475 e. The first-order valence-corrected chi connectivity index (χ1v) is 7.80. The molecule has 2 nitrogen and oxygen atoms in total. The molecule has 0 spiro atoms. The zero-order valence-electron chi connectivity index (χ0n) is 12.2. The van der Waals surface area contributed by atoms with Crippen LogP contribution in [0.5, 0.6) is 5.75 Å². The maximum atomic E-state index is 6.03. The highest BCUT2D eigenvalue weighted by atomic mass is 35.5. The monoisotopic (exact) mass is 309 g/mol. The molecule has 0 unspecified atom stereocenters. The van der Waals surface area contributed by atoms with Gasteiger partial charge in [-0.05, 0) is 41.5 Å². The van der Waals surface area contributed by atoms with E-state index in [-0.39, 0.29) is 12.3 Å². The Morgan fingerprint density at radius 1 is 0.955 bits per heavy atom. The van der Waals surface area contributed by atoms with Gasteiger partial charge >= 0.3 is 0 Å². The van der Waals surface area contributed by atoms with Crippen LogP contribution in [0.15, 0.2) is 60.7 Å². The summed E-state index contributed by atoms with van der Waals surface area (Å²) in [6.45, 7) is 2.03. The van der Waals surface area contributed by atoms with Gasteiger partial charge in [0.2, 0.25) is 0 Å². The molecule has 0 radical (unpaired) electrons. The van der Waals surface area contributed by atoms with Crippen LogP contribution in [0.1, 0.15) is 24.1 Å². The number of rotatable bonds is 1. The van der Waals surface area contributed by atoms with E-state index >= 15 is 0 Å². The van der Waals surface area contributed by atoms with Crippen LogP contribution < -0.4 is 10.1 Å². The summed E-state index contributed by atoms with van der Waals surface area (Å²) in [5.41, 5.74) is 2.38. The van der Waals surface area contributed by atoms with Crippen molar-refractivity contribution in [2.45, 2.75) is 19.2 Å². The maximum Gasteiger partial charge on any atom is 0.148 e. The van der Waals surface area contributed by atoms with Crippen molar-refractivity contribution in [3.63, 3.8) is 0 Å². The van der Waals surface area contributed by atoms with E-state index in [0.29, 0.717) is 0 Å². The highest BCUT2D eigenvalue weighted by molar-refractivity contribution is 6.30. The molecule has 2 atom stereocenters. The summed E-state index contributed by atoms with van der Waals surface area (Å²) in [7, 11) is 0. The van der Waals surface area contributed by atoms with Gasteiger partial charge in [-0.1, -0.05) is 54.1 Å². The quantitative estimate of drug-likeness (QED) is 0.689. The lowest BCUT2D eigenvalue weighted by Gasteiger charge is -2.33. The van der Waals surface area contributed by atoms with Crippen molar-refractivity contribution in [1.82, 2.24) is 5.32 Å². The third-order valence-electron chi connectivity index (χ3n) is 4.13. The van der Waals surface area contributed by atoms with Crippen molar-refractivity contribution < 1.29 is 4.74 Å². The second kappa shape index (κ2) is 5.31. The zero-order valence-corrected chi connectivity index (χ0v) is 13.0. The molecule has 4 rings (SSSR count). The molecule has 3 aromatic carbocycles. The van der Waals surface area contributed by atoms with Crippen molar-refractivity contribution >= 4 is 22.4 Å². The molecule has 3 aromatic rings. The third kappa shape index (κ3) is 2.25. The lowest BCUT2D eigenvalue weighted by molar-refractivity contribution is 0.150. The molecule has 1 aliphatic heterocycles. The van der Waals surface area contributed by atoms with Crippen LogP contribution in [-0.2, 0) is 0 Å². The van der Waals surface area contributed by atoms with Gasteiger partial charge in [-0.2, -0.15) is 0 Å². The van der Waals surface area contributed by atoms with E-state index in [4.69, 9.17) is 16.3 Å². The van der Waals surface area contributed by atoms with Gasteiger partial charge in [0.25, 0.3) is 0 Å². The third-order valence-corrected chi connectivity index (χ3v) is 4.38. The smallest absolute Gasteiger partial charge is 0.148 e. The van der Waals surface area contributed by atoms with Gasteiger partial charge in [0, 0.05) is 10.6 Å². The summed E-state index contributed by atoms with van der Waals surface area (Å²) < 4.78 is 5.98. The van der Waals surface area contributed by atoms with Gasteiger partial charge in [-0.25, -0.2) is 0 Å². The van der Waals surface area contributed by atoms with Crippen molar-refractivity contribution in [2.75, 3.05) is 0 Å². The predicted molar refractivity (Wildman–Crippen MR) is 90.5 cm³/mol. The molecule has 22 heavy (non-hydrogen) atoms. The second-order valence-electron chi connectivity index (χ2n) is 5.61. The summed E-state index contributed by atoms with van der Waals surface area (Å²) in [6, 6.07) is 20.7. The first-order valence-electron chi connectivity index (χ1n) is 7.42. The molecule has 0 bridgehead atoms. The molecule has 1 heterocycles. The van der Waals surface area contributed by atoms with Gasteiger partial charge in [0.1, 0.15) is 12.0 Å². The topological polar surface area (TPSA) is 21.3 Å². The Hall–Kier alpha value is -2.03. The van der Waals surface area contributed by atoms with E-state index in [1.165, 1.54) is 21.9 Å².